The number of carbonyl (C=O) groups is 1. The molecule has 0 amide bonds. The van der Waals surface area contributed by atoms with E-state index >= 15 is 0 Å². The normalized spacial score (nSPS) is 11.7. The molecule has 9 heteroatoms. The molecule has 1 heterocycles. The third kappa shape index (κ3) is 3.70. The summed E-state index contributed by atoms with van der Waals surface area (Å²) in [5.74, 6) is -1.05. The maximum Gasteiger partial charge on any atom is 0.325 e. The number of anilines is 1. The predicted octanol–water partition coefficient (Wildman–Crippen LogP) is -0.0338. The van der Waals surface area contributed by atoms with Gasteiger partial charge in [0.15, 0.2) is 0 Å². The highest BCUT2D eigenvalue weighted by Crippen LogP contribution is 2.10. The van der Waals surface area contributed by atoms with Crippen molar-refractivity contribution in [2.75, 3.05) is 17.8 Å². The smallest absolute Gasteiger partial charge is 0.325 e. The topological polar surface area (TPSA) is 105 Å². The molecule has 0 saturated heterocycles. The van der Waals surface area contributed by atoms with Crippen LogP contribution in [-0.4, -0.2) is 46.7 Å². The number of carboxylic acids is 1. The number of nitrogens with zero attached hydrogens (tertiary/aromatic N) is 3. The molecule has 0 aromatic carbocycles. The molecule has 1 aromatic heterocycles. The van der Waals surface area contributed by atoms with Crippen molar-refractivity contribution in [1.82, 2.24) is 14.1 Å². The summed E-state index contributed by atoms with van der Waals surface area (Å²) in [4.78, 5) is 10.5. The third-order valence-corrected chi connectivity index (χ3v) is 3.91. The highest BCUT2D eigenvalue weighted by molar-refractivity contribution is 7.90. The van der Waals surface area contributed by atoms with Gasteiger partial charge in [0.25, 0.3) is 0 Å². The lowest BCUT2D eigenvalue weighted by Crippen LogP contribution is -2.35. The van der Waals surface area contributed by atoms with Crippen LogP contribution in [0, 0.1) is 0 Å². The second-order valence-corrected chi connectivity index (χ2v) is 5.18. The molecular formula is C9H16N4O4S. The van der Waals surface area contributed by atoms with Crippen LogP contribution in [0.3, 0.4) is 0 Å². The van der Waals surface area contributed by atoms with E-state index in [0.29, 0.717) is 13.1 Å². The van der Waals surface area contributed by atoms with E-state index in [-0.39, 0.29) is 12.2 Å². The molecule has 2 N–H and O–H groups in total. The van der Waals surface area contributed by atoms with Crippen molar-refractivity contribution in [3.63, 3.8) is 0 Å². The average Bonchev–Trinajstić information content (AvgIpc) is 2.64. The van der Waals surface area contributed by atoms with Gasteiger partial charge in [0.05, 0.1) is 11.9 Å². The summed E-state index contributed by atoms with van der Waals surface area (Å²) < 4.78 is 28.4. The van der Waals surface area contributed by atoms with Crippen LogP contribution in [0.4, 0.5) is 5.69 Å². The Balaban J connectivity index is 2.78. The molecule has 0 aliphatic carbocycles. The Kier molecular flexibility index (Phi) is 4.68. The molecule has 1 rings (SSSR count). The first-order valence-corrected chi connectivity index (χ1v) is 6.85. The van der Waals surface area contributed by atoms with Gasteiger partial charge in [-0.15, -0.1) is 0 Å². The van der Waals surface area contributed by atoms with Gasteiger partial charge in [-0.1, -0.05) is 13.8 Å². The van der Waals surface area contributed by atoms with Crippen LogP contribution >= 0.6 is 0 Å². The average molecular weight is 276 g/mol. The van der Waals surface area contributed by atoms with Crippen LogP contribution in [0.1, 0.15) is 13.8 Å². The lowest BCUT2D eigenvalue weighted by atomic mass is 10.6. The molecule has 0 atom stereocenters. The van der Waals surface area contributed by atoms with E-state index in [2.05, 4.69) is 9.82 Å². The van der Waals surface area contributed by atoms with Gasteiger partial charge in [0.1, 0.15) is 6.54 Å². The van der Waals surface area contributed by atoms with Gasteiger partial charge in [-0.25, -0.2) is 0 Å². The molecule has 1 aromatic rings. The summed E-state index contributed by atoms with van der Waals surface area (Å²) in [6, 6.07) is 0. The summed E-state index contributed by atoms with van der Waals surface area (Å²) in [5.41, 5.74) is 0.239. The van der Waals surface area contributed by atoms with E-state index < -0.39 is 16.2 Å². The molecule has 0 unspecified atom stereocenters. The van der Waals surface area contributed by atoms with Crippen molar-refractivity contribution in [2.45, 2.75) is 20.4 Å². The van der Waals surface area contributed by atoms with Crippen molar-refractivity contribution in [3.8, 4) is 0 Å². The highest BCUT2D eigenvalue weighted by atomic mass is 32.2. The molecule has 0 fully saturated rings. The fraction of sp³-hybridized carbons (Fsp3) is 0.556. The van der Waals surface area contributed by atoms with E-state index in [1.54, 1.807) is 13.8 Å². The number of rotatable bonds is 7. The van der Waals surface area contributed by atoms with Crippen LogP contribution in [-0.2, 0) is 21.5 Å². The minimum Gasteiger partial charge on any atom is -0.480 e. The van der Waals surface area contributed by atoms with Gasteiger partial charge >= 0.3 is 16.2 Å². The van der Waals surface area contributed by atoms with Crippen molar-refractivity contribution < 1.29 is 18.3 Å². The zero-order chi connectivity index (χ0) is 13.8. The van der Waals surface area contributed by atoms with E-state index in [1.165, 1.54) is 16.7 Å². The van der Waals surface area contributed by atoms with E-state index in [0.717, 1.165) is 4.68 Å². The van der Waals surface area contributed by atoms with Crippen LogP contribution < -0.4 is 4.72 Å². The first kappa shape index (κ1) is 14.5. The Hall–Kier alpha value is -1.61. The van der Waals surface area contributed by atoms with Crippen LogP contribution in [0.15, 0.2) is 12.4 Å². The molecule has 8 nitrogen and oxygen atoms in total. The van der Waals surface area contributed by atoms with Crippen molar-refractivity contribution in [2.24, 2.45) is 0 Å². The fourth-order valence-corrected chi connectivity index (χ4v) is 2.63. The second kappa shape index (κ2) is 5.83. The molecule has 0 saturated carbocycles. The van der Waals surface area contributed by atoms with Crippen molar-refractivity contribution in [1.29, 1.82) is 0 Å². The van der Waals surface area contributed by atoms with Crippen molar-refractivity contribution in [3.05, 3.63) is 12.4 Å². The first-order valence-electron chi connectivity index (χ1n) is 5.41. The molecule has 0 radical (unpaired) electrons. The molecule has 0 spiro atoms. The minimum absolute atomic E-state index is 0.239. The lowest BCUT2D eigenvalue weighted by Gasteiger charge is -2.18. The molecule has 0 bridgehead atoms. The van der Waals surface area contributed by atoms with Gasteiger partial charge in [-0.05, 0) is 0 Å². The largest absolute Gasteiger partial charge is 0.480 e. The summed E-state index contributed by atoms with van der Waals surface area (Å²) in [5, 5.41) is 12.3. The first-order chi connectivity index (χ1) is 8.39. The minimum atomic E-state index is -3.61. The summed E-state index contributed by atoms with van der Waals surface area (Å²) in [6.07, 6.45) is 2.60. The maximum atomic E-state index is 11.9. The van der Waals surface area contributed by atoms with E-state index in [9.17, 15) is 13.2 Å². The fourth-order valence-electron chi connectivity index (χ4n) is 1.42. The third-order valence-electron chi connectivity index (χ3n) is 2.22. The predicted molar refractivity (Wildman–Crippen MR) is 65.3 cm³/mol. The molecule has 0 aliphatic rings. The number of aromatic nitrogens is 2. The summed E-state index contributed by atoms with van der Waals surface area (Å²) >= 11 is 0. The zero-order valence-electron chi connectivity index (χ0n) is 10.2. The highest BCUT2D eigenvalue weighted by Gasteiger charge is 2.19. The zero-order valence-corrected chi connectivity index (χ0v) is 11.0. The molecule has 0 aliphatic heterocycles. The monoisotopic (exact) mass is 276 g/mol. The summed E-state index contributed by atoms with van der Waals surface area (Å²) in [7, 11) is -3.61. The lowest BCUT2D eigenvalue weighted by molar-refractivity contribution is -0.137. The molecule has 18 heavy (non-hydrogen) atoms. The Morgan fingerprint density at radius 1 is 1.50 bits per heavy atom. The van der Waals surface area contributed by atoms with Gasteiger partial charge in [0.2, 0.25) is 0 Å². The molecular weight excluding hydrogens is 260 g/mol. The van der Waals surface area contributed by atoms with Gasteiger partial charge in [-0.3, -0.25) is 14.2 Å². The number of hydrogen-bond donors (Lipinski definition) is 2. The number of hydrogen-bond acceptors (Lipinski definition) is 4. The summed E-state index contributed by atoms with van der Waals surface area (Å²) in [6.45, 7) is 3.87. The van der Waals surface area contributed by atoms with Crippen LogP contribution in [0.2, 0.25) is 0 Å². The SMILES string of the molecule is CCN(CC)S(=O)(=O)Nc1cnn(CC(=O)O)c1. The van der Waals surface area contributed by atoms with Gasteiger partial charge < -0.3 is 5.11 Å². The Bertz CT molecular complexity index is 506. The standard InChI is InChI=1S/C9H16N4O4S/c1-3-13(4-2)18(16,17)11-8-5-10-12(6-8)7-9(14)15/h5-6,11H,3-4,7H2,1-2H3,(H,14,15). The molecule has 102 valence electrons. The van der Waals surface area contributed by atoms with Gasteiger partial charge in [0, 0.05) is 19.3 Å². The Morgan fingerprint density at radius 2 is 2.11 bits per heavy atom. The quantitative estimate of drug-likeness (QED) is 0.727. The van der Waals surface area contributed by atoms with E-state index in [4.69, 9.17) is 5.11 Å². The number of nitrogens with one attached hydrogen (secondary N) is 1. The second-order valence-electron chi connectivity index (χ2n) is 3.51. The number of aliphatic carboxylic acids is 1. The van der Waals surface area contributed by atoms with Crippen molar-refractivity contribution >= 4 is 21.9 Å². The van der Waals surface area contributed by atoms with Crippen LogP contribution in [0.25, 0.3) is 0 Å². The number of carboxylic acid groups (broad SMARTS) is 1. The maximum absolute atomic E-state index is 11.9. The Labute approximate surface area is 105 Å². The van der Waals surface area contributed by atoms with Gasteiger partial charge in [-0.2, -0.15) is 17.8 Å². The van der Waals surface area contributed by atoms with E-state index in [1.807, 2.05) is 0 Å². The Morgan fingerprint density at radius 3 is 2.61 bits per heavy atom. The van der Waals surface area contributed by atoms with Crippen LogP contribution in [0.5, 0.6) is 0 Å².